The number of esters is 1. The van der Waals surface area contributed by atoms with Crippen LogP contribution < -0.4 is 0 Å². The van der Waals surface area contributed by atoms with E-state index < -0.39 is 0 Å². The highest BCUT2D eigenvalue weighted by atomic mass is 16.5. The normalized spacial score (nSPS) is 10.1. The lowest BCUT2D eigenvalue weighted by molar-refractivity contribution is -0.139. The van der Waals surface area contributed by atoms with Crippen LogP contribution in [0.15, 0.2) is 24.3 Å². The van der Waals surface area contributed by atoms with Crippen molar-refractivity contribution < 1.29 is 9.53 Å². The van der Waals surface area contributed by atoms with E-state index in [0.717, 1.165) is 12.8 Å². The lowest BCUT2D eigenvalue weighted by Crippen LogP contribution is -1.96. The number of methoxy groups -OCH3 is 1. The first-order valence-electron chi connectivity index (χ1n) is 4.69. The van der Waals surface area contributed by atoms with Crippen LogP contribution in [-0.4, -0.2) is 13.1 Å². The Morgan fingerprint density at radius 1 is 1.29 bits per heavy atom. The van der Waals surface area contributed by atoms with Gasteiger partial charge < -0.3 is 4.74 Å². The molecule has 0 N–H and O–H groups in total. The monoisotopic (exact) mass is 192 g/mol. The van der Waals surface area contributed by atoms with Crippen molar-refractivity contribution in [3.05, 3.63) is 24.3 Å². The number of hydrogen-bond donors (Lipinski definition) is 0. The number of rotatable bonds is 4. The van der Waals surface area contributed by atoms with Crippen molar-refractivity contribution in [2.75, 3.05) is 7.11 Å². The van der Waals surface area contributed by atoms with E-state index in [1.807, 2.05) is 12.2 Å². The first-order valence-corrected chi connectivity index (χ1v) is 4.69. The molecule has 0 atom stereocenters. The fraction of sp³-hybridized carbons (Fsp3) is 0.417. The molecule has 0 amide bonds. The summed E-state index contributed by atoms with van der Waals surface area (Å²) in [5.74, 6) is 5.40. The van der Waals surface area contributed by atoms with Gasteiger partial charge in [0.15, 0.2) is 0 Å². The average molecular weight is 192 g/mol. The molecule has 0 heterocycles. The summed E-state index contributed by atoms with van der Waals surface area (Å²) in [4.78, 5) is 10.7. The average Bonchev–Trinajstić information content (AvgIpc) is 2.21. The number of ether oxygens (including phenoxy) is 1. The Balaban J connectivity index is 3.64. The molecule has 0 aliphatic carbocycles. The third kappa shape index (κ3) is 8.61. The van der Waals surface area contributed by atoms with Gasteiger partial charge in [-0.15, -0.1) is 0 Å². The van der Waals surface area contributed by atoms with Crippen LogP contribution in [0.25, 0.3) is 0 Å². The van der Waals surface area contributed by atoms with E-state index in [2.05, 4.69) is 23.5 Å². The lowest BCUT2D eigenvalue weighted by atomic mass is 10.3. The number of hydrogen-bond acceptors (Lipinski definition) is 2. The van der Waals surface area contributed by atoms with Crippen LogP contribution in [0.2, 0.25) is 0 Å². The fourth-order valence-electron chi connectivity index (χ4n) is 0.703. The van der Waals surface area contributed by atoms with E-state index in [1.165, 1.54) is 7.11 Å². The molecule has 0 aliphatic heterocycles. The van der Waals surface area contributed by atoms with Crippen LogP contribution in [-0.2, 0) is 9.53 Å². The second-order valence-electron chi connectivity index (χ2n) is 2.66. The second-order valence-corrected chi connectivity index (χ2v) is 2.66. The molecule has 0 aliphatic rings. The van der Waals surface area contributed by atoms with Gasteiger partial charge >= 0.3 is 5.97 Å². The molecule has 0 saturated heterocycles. The standard InChI is InChI=1S/C12H16O2/c1-3-4-5-6-7-8-9-10-11-12(13)14-2/h5-6,9-10H,3-4,11H2,1-2H3/b6-5+,10-9+. The van der Waals surface area contributed by atoms with Crippen molar-refractivity contribution >= 4 is 5.97 Å². The van der Waals surface area contributed by atoms with Crippen LogP contribution in [0.3, 0.4) is 0 Å². The first-order chi connectivity index (χ1) is 6.81. The van der Waals surface area contributed by atoms with Gasteiger partial charge in [-0.2, -0.15) is 0 Å². The van der Waals surface area contributed by atoms with Crippen molar-refractivity contribution in [2.24, 2.45) is 0 Å². The van der Waals surface area contributed by atoms with E-state index in [4.69, 9.17) is 0 Å². The predicted molar refractivity (Wildman–Crippen MR) is 57.6 cm³/mol. The summed E-state index contributed by atoms with van der Waals surface area (Å²) in [6.07, 6.45) is 9.67. The Hall–Kier alpha value is -1.49. The van der Waals surface area contributed by atoms with Gasteiger partial charge in [-0.05, 0) is 18.6 Å². The van der Waals surface area contributed by atoms with Crippen LogP contribution in [0, 0.1) is 11.8 Å². The van der Waals surface area contributed by atoms with E-state index in [-0.39, 0.29) is 12.4 Å². The van der Waals surface area contributed by atoms with E-state index in [0.29, 0.717) is 0 Å². The Morgan fingerprint density at radius 2 is 1.93 bits per heavy atom. The fourth-order valence-corrected chi connectivity index (χ4v) is 0.703. The number of carbonyl (C=O) groups is 1. The van der Waals surface area contributed by atoms with Crippen LogP contribution in [0.1, 0.15) is 26.2 Å². The SMILES string of the molecule is CCC/C=C/C#C/C=C/CC(=O)OC. The minimum absolute atomic E-state index is 0.246. The molecule has 0 fully saturated rings. The zero-order valence-electron chi connectivity index (χ0n) is 8.75. The highest BCUT2D eigenvalue weighted by molar-refractivity contribution is 5.71. The summed E-state index contributed by atoms with van der Waals surface area (Å²) in [5.41, 5.74) is 0. The van der Waals surface area contributed by atoms with Crippen LogP contribution >= 0.6 is 0 Å². The smallest absolute Gasteiger partial charge is 0.309 e. The maximum absolute atomic E-state index is 10.7. The molecule has 0 spiro atoms. The van der Waals surface area contributed by atoms with Crippen LogP contribution in [0.4, 0.5) is 0 Å². The quantitative estimate of drug-likeness (QED) is 0.505. The van der Waals surface area contributed by atoms with Gasteiger partial charge in [-0.25, -0.2) is 0 Å². The van der Waals surface area contributed by atoms with E-state index >= 15 is 0 Å². The Bertz CT molecular complexity index is 264. The van der Waals surface area contributed by atoms with Gasteiger partial charge in [-0.3, -0.25) is 4.79 Å². The molecule has 14 heavy (non-hydrogen) atoms. The van der Waals surface area contributed by atoms with Gasteiger partial charge in [0.2, 0.25) is 0 Å². The molecule has 0 bridgehead atoms. The van der Waals surface area contributed by atoms with Crippen molar-refractivity contribution in [2.45, 2.75) is 26.2 Å². The van der Waals surface area contributed by atoms with Crippen molar-refractivity contribution in [3.63, 3.8) is 0 Å². The molecule has 0 rings (SSSR count). The highest BCUT2D eigenvalue weighted by Gasteiger charge is 1.91. The molecular weight excluding hydrogens is 176 g/mol. The Morgan fingerprint density at radius 3 is 2.50 bits per heavy atom. The molecule has 2 heteroatoms. The summed E-state index contributed by atoms with van der Waals surface area (Å²) >= 11 is 0. The maximum atomic E-state index is 10.7. The molecule has 2 nitrogen and oxygen atoms in total. The molecule has 0 aromatic carbocycles. The summed E-state index contributed by atoms with van der Waals surface area (Å²) in [6, 6.07) is 0. The molecule has 0 unspecified atom stereocenters. The Labute approximate surface area is 85.6 Å². The third-order valence-corrected chi connectivity index (χ3v) is 1.45. The molecular formula is C12H16O2. The minimum Gasteiger partial charge on any atom is -0.469 e. The Kier molecular flexibility index (Phi) is 8.58. The van der Waals surface area contributed by atoms with E-state index in [1.54, 1.807) is 12.2 Å². The number of unbranched alkanes of at least 4 members (excludes halogenated alkanes) is 1. The van der Waals surface area contributed by atoms with E-state index in [9.17, 15) is 4.79 Å². The predicted octanol–water partition coefficient (Wildman–Crippen LogP) is 2.47. The van der Waals surface area contributed by atoms with Crippen molar-refractivity contribution in [1.29, 1.82) is 0 Å². The number of allylic oxidation sites excluding steroid dienone is 3. The third-order valence-electron chi connectivity index (χ3n) is 1.45. The second kappa shape index (κ2) is 9.60. The minimum atomic E-state index is -0.246. The molecule has 0 aromatic heterocycles. The summed E-state index contributed by atoms with van der Waals surface area (Å²) in [5, 5.41) is 0. The van der Waals surface area contributed by atoms with Gasteiger partial charge in [0.25, 0.3) is 0 Å². The summed E-state index contributed by atoms with van der Waals surface area (Å²) in [7, 11) is 1.37. The molecule has 0 radical (unpaired) electrons. The highest BCUT2D eigenvalue weighted by Crippen LogP contribution is 1.87. The maximum Gasteiger partial charge on any atom is 0.309 e. The van der Waals surface area contributed by atoms with Gasteiger partial charge in [0, 0.05) is 0 Å². The largest absolute Gasteiger partial charge is 0.469 e. The molecule has 0 saturated carbocycles. The van der Waals surface area contributed by atoms with Crippen LogP contribution in [0.5, 0.6) is 0 Å². The van der Waals surface area contributed by atoms with Gasteiger partial charge in [0.05, 0.1) is 13.5 Å². The first kappa shape index (κ1) is 12.5. The van der Waals surface area contributed by atoms with Gasteiger partial charge in [-0.1, -0.05) is 37.3 Å². The molecule has 76 valence electrons. The summed E-state index contributed by atoms with van der Waals surface area (Å²) < 4.78 is 4.46. The topological polar surface area (TPSA) is 26.3 Å². The zero-order valence-corrected chi connectivity index (χ0v) is 8.75. The zero-order chi connectivity index (χ0) is 10.6. The van der Waals surface area contributed by atoms with Crippen molar-refractivity contribution in [1.82, 2.24) is 0 Å². The lowest BCUT2D eigenvalue weighted by Gasteiger charge is -1.89. The molecule has 0 aromatic rings. The van der Waals surface area contributed by atoms with Crippen molar-refractivity contribution in [3.8, 4) is 11.8 Å². The summed E-state index contributed by atoms with van der Waals surface area (Å²) in [6.45, 7) is 2.12. The van der Waals surface area contributed by atoms with Gasteiger partial charge in [0.1, 0.15) is 0 Å². The number of carbonyl (C=O) groups excluding carboxylic acids is 1.